The van der Waals surface area contributed by atoms with E-state index in [2.05, 4.69) is 0 Å². The van der Waals surface area contributed by atoms with E-state index >= 15 is 0 Å². The molecule has 1 fully saturated rings. The fraction of sp³-hybridized carbons (Fsp3) is 0.238. The van der Waals surface area contributed by atoms with Crippen LogP contribution in [-0.4, -0.2) is 11.4 Å². The van der Waals surface area contributed by atoms with Crippen LogP contribution in [-0.2, 0) is 10.2 Å². The monoisotopic (exact) mass is 352 g/mol. The van der Waals surface area contributed by atoms with E-state index in [0.717, 1.165) is 0 Å². The van der Waals surface area contributed by atoms with Crippen molar-refractivity contribution in [3.05, 3.63) is 65.7 Å². The molecule has 0 N–H and O–H groups in total. The third-order valence-corrected chi connectivity index (χ3v) is 5.57. The van der Waals surface area contributed by atoms with Gasteiger partial charge in [0.15, 0.2) is 0 Å². The van der Waals surface area contributed by atoms with Gasteiger partial charge >= 0.3 is 0 Å². The summed E-state index contributed by atoms with van der Waals surface area (Å²) in [5, 5.41) is 40.1. The molecule has 0 radical (unpaired) electrons. The predicted molar refractivity (Wildman–Crippen MR) is 91.4 cm³/mol. The maximum Gasteiger partial charge on any atom is 0.277 e. The molecule has 0 bridgehead atoms. The minimum Gasteiger partial charge on any atom is -0.461 e. The van der Waals surface area contributed by atoms with Gasteiger partial charge in [0.25, 0.3) is 5.60 Å². The highest BCUT2D eigenvalue weighted by molar-refractivity contribution is 5.65. The van der Waals surface area contributed by atoms with Crippen LogP contribution in [0.25, 0.3) is 0 Å². The maximum absolute atomic E-state index is 10.2. The van der Waals surface area contributed by atoms with Gasteiger partial charge in [-0.25, -0.2) is 0 Å². The van der Waals surface area contributed by atoms with Crippen molar-refractivity contribution in [2.75, 3.05) is 0 Å². The molecule has 0 aromatic heterocycles. The van der Waals surface area contributed by atoms with E-state index in [1.165, 1.54) is 0 Å². The molecule has 6 nitrogen and oxygen atoms in total. The van der Waals surface area contributed by atoms with Crippen molar-refractivity contribution < 1.29 is 9.47 Å². The Bertz CT molecular complexity index is 1090. The Morgan fingerprint density at radius 1 is 0.778 bits per heavy atom. The number of ether oxygens (including phenoxy) is 2. The molecule has 4 rings (SSSR count). The van der Waals surface area contributed by atoms with Crippen LogP contribution in [0.1, 0.15) is 18.1 Å². The first kappa shape index (κ1) is 16.6. The number of rotatable bonds is 1. The molecule has 1 saturated heterocycles. The van der Waals surface area contributed by atoms with Gasteiger partial charge in [-0.15, -0.1) is 0 Å². The molecule has 0 unspecified atom stereocenters. The zero-order valence-electron chi connectivity index (χ0n) is 14.3. The first-order chi connectivity index (χ1) is 13.0. The largest absolute Gasteiger partial charge is 0.461 e. The van der Waals surface area contributed by atoms with Crippen LogP contribution in [0, 0.1) is 50.7 Å². The van der Waals surface area contributed by atoms with Crippen LogP contribution < -0.4 is 4.74 Å². The summed E-state index contributed by atoms with van der Waals surface area (Å²) in [4.78, 5) is 0. The number of para-hydroxylation sites is 1. The minimum absolute atomic E-state index is 0.447. The summed E-state index contributed by atoms with van der Waals surface area (Å²) in [5.74, 6) is -1.15. The first-order valence-corrected chi connectivity index (χ1v) is 8.20. The molecule has 0 amide bonds. The van der Waals surface area contributed by atoms with E-state index in [9.17, 15) is 21.0 Å². The highest BCUT2D eigenvalue weighted by Crippen LogP contribution is 2.70. The molecule has 128 valence electrons. The van der Waals surface area contributed by atoms with Gasteiger partial charge in [-0.1, -0.05) is 48.5 Å². The molecule has 0 aliphatic carbocycles. The number of fused-ring (bicyclic) bond motifs is 3. The Morgan fingerprint density at radius 2 is 1.37 bits per heavy atom. The van der Waals surface area contributed by atoms with Crippen molar-refractivity contribution in [2.45, 2.75) is 23.7 Å². The number of hydrogen-bond acceptors (Lipinski definition) is 6. The molecule has 2 aliphatic rings. The van der Waals surface area contributed by atoms with E-state index in [1.807, 2.05) is 12.1 Å². The van der Waals surface area contributed by atoms with Crippen molar-refractivity contribution in [2.24, 2.45) is 5.41 Å². The van der Waals surface area contributed by atoms with Crippen LogP contribution in [0.2, 0.25) is 0 Å². The molecular formula is C21H12N4O2. The smallest absolute Gasteiger partial charge is 0.277 e. The fourth-order valence-electron chi connectivity index (χ4n) is 4.58. The van der Waals surface area contributed by atoms with Crippen LogP contribution in [0.5, 0.6) is 5.75 Å². The number of hydrogen-bond donors (Lipinski definition) is 0. The van der Waals surface area contributed by atoms with Gasteiger partial charge in [0.2, 0.25) is 11.2 Å². The molecule has 27 heavy (non-hydrogen) atoms. The summed E-state index contributed by atoms with van der Waals surface area (Å²) in [5.41, 5.74) is -4.88. The average molecular weight is 352 g/mol. The summed E-state index contributed by atoms with van der Waals surface area (Å²) >= 11 is 0. The first-order valence-electron chi connectivity index (χ1n) is 8.20. The molecule has 2 aromatic carbocycles. The summed E-state index contributed by atoms with van der Waals surface area (Å²) in [6, 6.07) is 23.4. The summed E-state index contributed by atoms with van der Waals surface area (Å²) < 4.78 is 12.0. The number of nitriles is 4. The Kier molecular flexibility index (Phi) is 3.13. The Balaban J connectivity index is 2.26. The lowest BCUT2D eigenvalue weighted by Gasteiger charge is -2.39. The molecular weight excluding hydrogens is 340 g/mol. The van der Waals surface area contributed by atoms with Crippen LogP contribution in [0.4, 0.5) is 0 Å². The molecule has 6 heteroatoms. The highest BCUT2D eigenvalue weighted by Gasteiger charge is 2.85. The van der Waals surface area contributed by atoms with Gasteiger partial charge < -0.3 is 9.47 Å². The second-order valence-corrected chi connectivity index (χ2v) is 6.64. The van der Waals surface area contributed by atoms with Crippen molar-refractivity contribution in [3.8, 4) is 30.0 Å². The number of nitrogens with zero attached hydrogens (tertiary/aromatic N) is 4. The van der Waals surface area contributed by atoms with Gasteiger partial charge in [-0.2, -0.15) is 21.0 Å². The Hall–Kier alpha value is -3.84. The SMILES string of the molecule is C[C@@]12Oc3ccccc3[C@]1(c1ccccc1)C(C#N)(C#N)C(C#N)(C#N)O2. The van der Waals surface area contributed by atoms with Gasteiger partial charge in [0, 0.05) is 12.5 Å². The van der Waals surface area contributed by atoms with Gasteiger partial charge in [-0.05, 0) is 11.6 Å². The standard InChI is InChI=1S/C21H12N4O2/c1-18-21(15-7-3-2-4-8-15,16-9-5-6-10-17(16)26-18)19(11-22,12-23)20(13-24,14-25)27-18/h2-10H,1H3/t18-,21-/m0/s1. The van der Waals surface area contributed by atoms with E-state index in [4.69, 9.17) is 9.47 Å². The Labute approximate surface area is 156 Å². The fourth-order valence-corrected chi connectivity index (χ4v) is 4.58. The van der Waals surface area contributed by atoms with E-state index < -0.39 is 22.2 Å². The van der Waals surface area contributed by atoms with Gasteiger partial charge in [0.1, 0.15) is 23.3 Å². The van der Waals surface area contributed by atoms with E-state index in [0.29, 0.717) is 16.9 Å². The molecule has 2 aromatic rings. The van der Waals surface area contributed by atoms with Crippen molar-refractivity contribution >= 4 is 0 Å². The van der Waals surface area contributed by atoms with Gasteiger partial charge in [0.05, 0.1) is 12.1 Å². The zero-order valence-corrected chi connectivity index (χ0v) is 14.3. The van der Waals surface area contributed by atoms with E-state index in [1.54, 1.807) is 73.7 Å². The lowest BCUT2D eigenvalue weighted by atomic mass is 9.52. The van der Waals surface area contributed by atoms with Gasteiger partial charge in [-0.3, -0.25) is 0 Å². The van der Waals surface area contributed by atoms with Crippen LogP contribution in [0.15, 0.2) is 54.6 Å². The number of benzene rings is 2. The second kappa shape index (κ2) is 5.09. The predicted octanol–water partition coefficient (Wildman–Crippen LogP) is 2.93. The third kappa shape index (κ3) is 1.51. The lowest BCUT2D eigenvalue weighted by molar-refractivity contribution is -0.173. The second-order valence-electron chi connectivity index (χ2n) is 6.64. The highest BCUT2D eigenvalue weighted by atomic mass is 16.7. The maximum atomic E-state index is 10.2. The van der Waals surface area contributed by atoms with Crippen LogP contribution >= 0.6 is 0 Å². The normalized spacial score (nSPS) is 28.3. The van der Waals surface area contributed by atoms with Crippen molar-refractivity contribution in [1.82, 2.24) is 0 Å². The zero-order chi connectivity index (χ0) is 19.3. The quantitative estimate of drug-likeness (QED) is 0.779. The molecule has 0 spiro atoms. The molecule has 2 aliphatic heterocycles. The third-order valence-electron chi connectivity index (χ3n) is 5.57. The summed E-state index contributed by atoms with van der Waals surface area (Å²) in [6.45, 7) is 1.57. The molecule has 0 saturated carbocycles. The molecule has 2 atom stereocenters. The van der Waals surface area contributed by atoms with Crippen molar-refractivity contribution in [3.63, 3.8) is 0 Å². The van der Waals surface area contributed by atoms with E-state index in [-0.39, 0.29) is 0 Å². The summed E-state index contributed by atoms with van der Waals surface area (Å²) in [6.07, 6.45) is 0. The minimum atomic E-state index is -2.32. The average Bonchev–Trinajstić information content (AvgIpc) is 3.08. The summed E-state index contributed by atoms with van der Waals surface area (Å²) in [7, 11) is 0. The Morgan fingerprint density at radius 3 is 1.96 bits per heavy atom. The topological polar surface area (TPSA) is 114 Å². The molecule has 2 heterocycles. The van der Waals surface area contributed by atoms with Crippen molar-refractivity contribution in [1.29, 1.82) is 21.0 Å². The lowest BCUT2D eigenvalue weighted by Crippen LogP contribution is -2.56. The van der Waals surface area contributed by atoms with Crippen LogP contribution in [0.3, 0.4) is 0 Å².